The Balaban J connectivity index is 0.00000320. The molecule has 0 radical (unpaired) electrons. The normalized spacial score (nSPS) is 14.7. The standard InChI is InChI=1S/C22H34N6S.HI/c1-3-19-17-26-21(29-19)10-12-25-22(23-4-2)27-16-18-9-11-24-20(15-18)28-13-7-5-6-8-14-28;/h9,11,15,17H,3-8,10,12-14,16H2,1-2H3,(H2,23,25,27);1H. The predicted molar refractivity (Wildman–Crippen MR) is 138 cm³/mol. The number of halogens is 1. The van der Waals surface area contributed by atoms with E-state index >= 15 is 0 Å². The molecule has 0 saturated carbocycles. The van der Waals surface area contributed by atoms with E-state index in [1.807, 2.05) is 12.4 Å². The van der Waals surface area contributed by atoms with Crippen LogP contribution < -0.4 is 15.5 Å². The lowest BCUT2D eigenvalue weighted by molar-refractivity contribution is 0.726. The molecule has 8 heteroatoms. The first-order valence-electron chi connectivity index (χ1n) is 10.9. The monoisotopic (exact) mass is 542 g/mol. The molecule has 0 amide bonds. The van der Waals surface area contributed by atoms with E-state index in [1.54, 1.807) is 11.3 Å². The fourth-order valence-corrected chi connectivity index (χ4v) is 4.32. The van der Waals surface area contributed by atoms with Crippen LogP contribution in [0.3, 0.4) is 0 Å². The number of thiazole rings is 1. The van der Waals surface area contributed by atoms with E-state index in [2.05, 4.69) is 51.5 Å². The maximum atomic E-state index is 4.77. The van der Waals surface area contributed by atoms with Gasteiger partial charge in [0.15, 0.2) is 5.96 Å². The Morgan fingerprint density at radius 1 is 1.13 bits per heavy atom. The highest BCUT2D eigenvalue weighted by Gasteiger charge is 2.11. The minimum atomic E-state index is 0. The van der Waals surface area contributed by atoms with Crippen LogP contribution in [-0.4, -0.2) is 42.1 Å². The topological polar surface area (TPSA) is 65.4 Å². The third-order valence-corrected chi connectivity index (χ3v) is 6.29. The molecule has 2 aromatic heterocycles. The average Bonchev–Trinajstić information content (AvgIpc) is 3.03. The van der Waals surface area contributed by atoms with Gasteiger partial charge in [-0.25, -0.2) is 15.0 Å². The highest BCUT2D eigenvalue weighted by atomic mass is 127. The molecule has 3 rings (SSSR count). The summed E-state index contributed by atoms with van der Waals surface area (Å²) in [6.45, 7) is 8.81. The first-order valence-corrected chi connectivity index (χ1v) is 11.8. The van der Waals surface area contributed by atoms with E-state index in [4.69, 9.17) is 4.99 Å². The first-order chi connectivity index (χ1) is 14.3. The Hall–Kier alpha value is -1.42. The molecule has 1 aliphatic heterocycles. The third-order valence-electron chi connectivity index (χ3n) is 5.09. The molecular weight excluding hydrogens is 507 g/mol. The van der Waals surface area contributed by atoms with Gasteiger partial charge in [-0.1, -0.05) is 19.8 Å². The summed E-state index contributed by atoms with van der Waals surface area (Å²) in [5.74, 6) is 1.95. The minimum Gasteiger partial charge on any atom is -0.357 e. The van der Waals surface area contributed by atoms with E-state index in [0.29, 0.717) is 6.54 Å². The number of hydrogen-bond acceptors (Lipinski definition) is 5. The average molecular weight is 543 g/mol. The van der Waals surface area contributed by atoms with Crippen molar-refractivity contribution in [2.75, 3.05) is 31.1 Å². The zero-order valence-electron chi connectivity index (χ0n) is 18.2. The van der Waals surface area contributed by atoms with Crippen LogP contribution in [0.25, 0.3) is 0 Å². The van der Waals surface area contributed by atoms with Gasteiger partial charge in [-0.15, -0.1) is 35.3 Å². The van der Waals surface area contributed by atoms with Gasteiger partial charge in [-0.3, -0.25) is 0 Å². The van der Waals surface area contributed by atoms with Gasteiger partial charge in [0.2, 0.25) is 0 Å². The number of guanidine groups is 1. The Morgan fingerprint density at radius 3 is 2.63 bits per heavy atom. The van der Waals surface area contributed by atoms with Crippen molar-refractivity contribution >= 4 is 47.1 Å². The Morgan fingerprint density at radius 2 is 1.93 bits per heavy atom. The van der Waals surface area contributed by atoms with Crippen LogP contribution in [0.15, 0.2) is 29.5 Å². The van der Waals surface area contributed by atoms with Crippen molar-refractivity contribution in [3.8, 4) is 0 Å². The van der Waals surface area contributed by atoms with Crippen molar-refractivity contribution < 1.29 is 0 Å². The Labute approximate surface area is 202 Å². The summed E-state index contributed by atoms with van der Waals surface area (Å²) < 4.78 is 0. The lowest BCUT2D eigenvalue weighted by Gasteiger charge is -2.21. The number of anilines is 1. The zero-order valence-corrected chi connectivity index (χ0v) is 21.3. The first kappa shape index (κ1) is 24.8. The van der Waals surface area contributed by atoms with Gasteiger partial charge in [-0.05, 0) is 43.9 Å². The highest BCUT2D eigenvalue weighted by molar-refractivity contribution is 14.0. The molecule has 0 aromatic carbocycles. The summed E-state index contributed by atoms with van der Waals surface area (Å²) in [5.41, 5.74) is 1.20. The van der Waals surface area contributed by atoms with Gasteiger partial charge in [0.05, 0.1) is 11.6 Å². The van der Waals surface area contributed by atoms with E-state index < -0.39 is 0 Å². The summed E-state index contributed by atoms with van der Waals surface area (Å²) in [4.78, 5) is 17.6. The molecule has 3 heterocycles. The quantitative estimate of drug-likeness (QED) is 0.294. The van der Waals surface area contributed by atoms with Crippen molar-refractivity contribution in [3.05, 3.63) is 40.0 Å². The third kappa shape index (κ3) is 8.02. The summed E-state index contributed by atoms with van der Waals surface area (Å²) in [6.07, 6.45) is 11.1. The SMILES string of the molecule is CCNC(=NCc1ccnc(N2CCCCCC2)c1)NCCc1ncc(CC)s1.I. The van der Waals surface area contributed by atoms with Gasteiger partial charge >= 0.3 is 0 Å². The summed E-state index contributed by atoms with van der Waals surface area (Å²) in [5, 5.41) is 7.95. The molecule has 1 fully saturated rings. The maximum Gasteiger partial charge on any atom is 0.191 e. The molecule has 2 N–H and O–H groups in total. The number of hydrogen-bond donors (Lipinski definition) is 2. The second-order valence-corrected chi connectivity index (χ2v) is 8.57. The number of aliphatic imine (C=N–C) groups is 1. The van der Waals surface area contributed by atoms with Crippen molar-refractivity contribution in [3.63, 3.8) is 0 Å². The van der Waals surface area contributed by atoms with Gasteiger partial charge in [0.1, 0.15) is 5.82 Å². The second kappa shape index (κ2) is 13.8. The van der Waals surface area contributed by atoms with Crippen LogP contribution in [0.2, 0.25) is 0 Å². The van der Waals surface area contributed by atoms with Crippen LogP contribution >= 0.6 is 35.3 Å². The fourth-order valence-electron chi connectivity index (χ4n) is 3.46. The molecule has 2 aromatic rings. The number of aryl methyl sites for hydroxylation is 1. The summed E-state index contributed by atoms with van der Waals surface area (Å²) in [7, 11) is 0. The largest absolute Gasteiger partial charge is 0.357 e. The van der Waals surface area contributed by atoms with Crippen molar-refractivity contribution in [2.45, 2.75) is 58.9 Å². The van der Waals surface area contributed by atoms with Gasteiger partial charge < -0.3 is 15.5 Å². The van der Waals surface area contributed by atoms with Crippen molar-refractivity contribution in [1.29, 1.82) is 0 Å². The lowest BCUT2D eigenvalue weighted by atomic mass is 10.2. The van der Waals surface area contributed by atoms with Crippen LogP contribution in [0.4, 0.5) is 5.82 Å². The Kier molecular flexibility index (Phi) is 11.4. The maximum absolute atomic E-state index is 4.77. The number of pyridine rings is 1. The van der Waals surface area contributed by atoms with Crippen LogP contribution in [-0.2, 0) is 19.4 Å². The van der Waals surface area contributed by atoms with E-state index in [1.165, 1.54) is 41.1 Å². The molecule has 0 aliphatic carbocycles. The zero-order chi connectivity index (χ0) is 20.3. The number of nitrogens with zero attached hydrogens (tertiary/aromatic N) is 4. The van der Waals surface area contributed by atoms with Crippen molar-refractivity contribution in [2.24, 2.45) is 4.99 Å². The van der Waals surface area contributed by atoms with E-state index in [0.717, 1.165) is 50.8 Å². The van der Waals surface area contributed by atoms with E-state index in [-0.39, 0.29) is 24.0 Å². The molecule has 6 nitrogen and oxygen atoms in total. The molecule has 0 atom stereocenters. The fraction of sp³-hybridized carbons (Fsp3) is 0.591. The molecule has 1 aliphatic rings. The summed E-state index contributed by atoms with van der Waals surface area (Å²) in [6, 6.07) is 4.26. The predicted octanol–water partition coefficient (Wildman–Crippen LogP) is 4.40. The molecule has 166 valence electrons. The molecule has 0 bridgehead atoms. The second-order valence-electron chi connectivity index (χ2n) is 7.37. The minimum absolute atomic E-state index is 0. The van der Waals surface area contributed by atoms with Gasteiger partial charge in [-0.2, -0.15) is 0 Å². The van der Waals surface area contributed by atoms with Gasteiger partial charge in [0, 0.05) is 49.9 Å². The van der Waals surface area contributed by atoms with Crippen LogP contribution in [0.1, 0.15) is 55.0 Å². The summed E-state index contributed by atoms with van der Waals surface area (Å²) >= 11 is 1.80. The number of rotatable bonds is 8. The smallest absolute Gasteiger partial charge is 0.191 e. The molecule has 1 saturated heterocycles. The lowest BCUT2D eigenvalue weighted by Crippen LogP contribution is -2.38. The van der Waals surface area contributed by atoms with Gasteiger partial charge in [0.25, 0.3) is 0 Å². The van der Waals surface area contributed by atoms with E-state index in [9.17, 15) is 0 Å². The van der Waals surface area contributed by atoms with Crippen molar-refractivity contribution in [1.82, 2.24) is 20.6 Å². The molecular formula is C22H35IN6S. The molecule has 30 heavy (non-hydrogen) atoms. The highest BCUT2D eigenvalue weighted by Crippen LogP contribution is 2.18. The molecule has 0 unspecified atom stereocenters. The number of nitrogens with one attached hydrogen (secondary N) is 2. The molecule has 0 spiro atoms. The number of aromatic nitrogens is 2. The van der Waals surface area contributed by atoms with Crippen LogP contribution in [0.5, 0.6) is 0 Å². The Bertz CT molecular complexity index is 770. The van der Waals surface area contributed by atoms with Crippen LogP contribution in [0, 0.1) is 0 Å².